The Morgan fingerprint density at radius 1 is 1.29 bits per heavy atom. The zero-order chi connectivity index (χ0) is 15.5. The molecule has 0 saturated carbocycles. The third kappa shape index (κ3) is 3.70. The predicted octanol–water partition coefficient (Wildman–Crippen LogP) is 1.94. The van der Waals surface area contributed by atoms with Crippen LogP contribution in [0.2, 0.25) is 0 Å². The smallest absolute Gasteiger partial charge is 0.244 e. The van der Waals surface area contributed by atoms with Gasteiger partial charge in [0.05, 0.1) is 17.7 Å². The highest BCUT2D eigenvalue weighted by Gasteiger charge is 2.26. The number of aryl methyl sites for hydroxylation is 2. The van der Waals surface area contributed by atoms with Gasteiger partial charge in [0.15, 0.2) is 0 Å². The molecule has 0 aliphatic heterocycles. The molecule has 0 amide bonds. The van der Waals surface area contributed by atoms with Gasteiger partial charge in [0.25, 0.3) is 0 Å². The molecule has 0 unspecified atom stereocenters. The first kappa shape index (κ1) is 16.2. The van der Waals surface area contributed by atoms with Crippen molar-refractivity contribution in [2.24, 2.45) is 0 Å². The van der Waals surface area contributed by atoms with Crippen molar-refractivity contribution in [3.8, 4) is 0 Å². The normalized spacial score (nSPS) is 12.0. The van der Waals surface area contributed by atoms with Gasteiger partial charge in [-0.15, -0.1) is 11.3 Å². The van der Waals surface area contributed by atoms with Crippen LogP contribution in [0.1, 0.15) is 29.7 Å². The van der Waals surface area contributed by atoms with Gasteiger partial charge in [0.2, 0.25) is 10.0 Å². The molecule has 2 N–H and O–H groups in total. The monoisotopic (exact) mass is 329 g/mol. The summed E-state index contributed by atoms with van der Waals surface area (Å²) in [5, 5.41) is 4.95. The summed E-state index contributed by atoms with van der Waals surface area (Å²) in [6.45, 7) is 6.81. The van der Waals surface area contributed by atoms with Crippen LogP contribution in [-0.4, -0.2) is 19.9 Å². The van der Waals surface area contributed by atoms with Crippen LogP contribution >= 0.6 is 11.3 Å². The topological polar surface area (TPSA) is 84.2 Å². The molecule has 0 aromatic carbocycles. The standard InChI is InChI=1S/C13H19N3O3S2/c1-4-14-6-12-9(2)19-10(3)13(12)21(17,18)16-5-11-7-20-8-15-11/h7-8,14,16H,4-6H2,1-3H3. The van der Waals surface area contributed by atoms with Crippen molar-refractivity contribution in [2.45, 2.75) is 38.8 Å². The number of rotatable bonds is 7. The largest absolute Gasteiger partial charge is 0.465 e. The molecule has 0 aliphatic carbocycles. The van der Waals surface area contributed by atoms with Gasteiger partial charge in [0, 0.05) is 17.5 Å². The predicted molar refractivity (Wildman–Crippen MR) is 81.7 cm³/mol. The molecule has 2 aromatic heterocycles. The zero-order valence-electron chi connectivity index (χ0n) is 12.3. The highest BCUT2D eigenvalue weighted by Crippen LogP contribution is 2.26. The lowest BCUT2D eigenvalue weighted by Gasteiger charge is -2.08. The molecule has 0 aliphatic rings. The van der Waals surface area contributed by atoms with Crippen LogP contribution < -0.4 is 10.0 Å². The maximum Gasteiger partial charge on any atom is 0.244 e. The summed E-state index contributed by atoms with van der Waals surface area (Å²) in [4.78, 5) is 4.30. The first-order valence-corrected chi connectivity index (χ1v) is 9.04. The van der Waals surface area contributed by atoms with E-state index in [-0.39, 0.29) is 11.4 Å². The van der Waals surface area contributed by atoms with Crippen LogP contribution in [0.3, 0.4) is 0 Å². The Balaban J connectivity index is 2.26. The van der Waals surface area contributed by atoms with Crippen LogP contribution in [0, 0.1) is 13.8 Å². The van der Waals surface area contributed by atoms with Gasteiger partial charge in [-0.2, -0.15) is 0 Å². The van der Waals surface area contributed by atoms with Gasteiger partial charge in [-0.1, -0.05) is 6.92 Å². The number of sulfonamides is 1. The molecule has 2 aromatic rings. The van der Waals surface area contributed by atoms with Crippen molar-refractivity contribution in [3.63, 3.8) is 0 Å². The molecule has 0 fully saturated rings. The summed E-state index contributed by atoms with van der Waals surface area (Å²) < 4.78 is 33.1. The van der Waals surface area contributed by atoms with Crippen molar-refractivity contribution in [2.75, 3.05) is 6.54 Å². The maximum atomic E-state index is 12.5. The Bertz CT molecular complexity index is 691. The van der Waals surface area contributed by atoms with E-state index in [1.807, 2.05) is 12.3 Å². The molecule has 6 nitrogen and oxygen atoms in total. The average Bonchev–Trinajstić information content (AvgIpc) is 3.02. The zero-order valence-corrected chi connectivity index (χ0v) is 13.9. The highest BCUT2D eigenvalue weighted by atomic mass is 32.2. The third-order valence-corrected chi connectivity index (χ3v) is 5.30. The van der Waals surface area contributed by atoms with E-state index in [1.54, 1.807) is 19.4 Å². The van der Waals surface area contributed by atoms with Crippen LogP contribution in [0.25, 0.3) is 0 Å². The van der Waals surface area contributed by atoms with Gasteiger partial charge >= 0.3 is 0 Å². The van der Waals surface area contributed by atoms with Crippen molar-refractivity contribution >= 4 is 21.4 Å². The van der Waals surface area contributed by atoms with Crippen LogP contribution in [0.5, 0.6) is 0 Å². The second-order valence-corrected chi connectivity index (χ2v) is 7.03. The fourth-order valence-electron chi connectivity index (χ4n) is 2.08. The second kappa shape index (κ2) is 6.69. The van der Waals surface area contributed by atoms with Crippen LogP contribution in [0.15, 0.2) is 20.2 Å². The second-order valence-electron chi connectivity index (χ2n) is 4.61. The summed E-state index contributed by atoms with van der Waals surface area (Å²) in [5.41, 5.74) is 3.06. The first-order valence-electron chi connectivity index (χ1n) is 6.62. The molecule has 0 radical (unpaired) electrons. The fourth-order valence-corrected chi connectivity index (χ4v) is 4.08. The Morgan fingerprint density at radius 2 is 2.05 bits per heavy atom. The Hall–Kier alpha value is -1.22. The molecule has 2 rings (SSSR count). The molecule has 0 spiro atoms. The van der Waals surface area contributed by atoms with E-state index in [0.717, 1.165) is 6.54 Å². The number of furan rings is 1. The third-order valence-electron chi connectivity index (χ3n) is 3.07. The molecule has 8 heteroatoms. The van der Waals surface area contributed by atoms with Crippen molar-refractivity contribution in [1.82, 2.24) is 15.0 Å². The van der Waals surface area contributed by atoms with Crippen molar-refractivity contribution in [1.29, 1.82) is 0 Å². The summed E-state index contributed by atoms with van der Waals surface area (Å²) in [5.74, 6) is 1.04. The highest BCUT2D eigenvalue weighted by molar-refractivity contribution is 7.89. The SMILES string of the molecule is CCNCc1c(C)oc(C)c1S(=O)(=O)NCc1cscn1. The Morgan fingerprint density at radius 3 is 2.67 bits per heavy atom. The quantitative estimate of drug-likeness (QED) is 0.811. The summed E-state index contributed by atoms with van der Waals surface area (Å²) in [6, 6.07) is 0. The molecular weight excluding hydrogens is 310 g/mol. The lowest BCUT2D eigenvalue weighted by atomic mass is 10.2. The van der Waals surface area contributed by atoms with Gasteiger partial charge in [-0.25, -0.2) is 18.1 Å². The molecule has 116 valence electrons. The minimum atomic E-state index is -3.63. The molecule has 2 heterocycles. The number of thiazole rings is 1. The first-order chi connectivity index (χ1) is 9.95. The van der Waals surface area contributed by atoms with E-state index in [1.165, 1.54) is 11.3 Å². The van der Waals surface area contributed by atoms with Crippen molar-refractivity contribution < 1.29 is 12.8 Å². The molecular formula is C13H19N3O3S2. The number of nitrogens with one attached hydrogen (secondary N) is 2. The van der Waals surface area contributed by atoms with Gasteiger partial charge in [-0.3, -0.25) is 0 Å². The fraction of sp³-hybridized carbons (Fsp3) is 0.462. The molecule has 0 saturated heterocycles. The Kier molecular flexibility index (Phi) is 5.15. The van der Waals surface area contributed by atoms with Crippen LogP contribution in [-0.2, 0) is 23.1 Å². The average molecular weight is 329 g/mol. The van der Waals surface area contributed by atoms with E-state index in [4.69, 9.17) is 4.42 Å². The molecule has 21 heavy (non-hydrogen) atoms. The van der Waals surface area contributed by atoms with Crippen LogP contribution in [0.4, 0.5) is 0 Å². The lowest BCUT2D eigenvalue weighted by molar-refractivity contribution is 0.493. The minimum absolute atomic E-state index is 0.177. The van der Waals surface area contributed by atoms with Gasteiger partial charge < -0.3 is 9.73 Å². The van der Waals surface area contributed by atoms with E-state index in [2.05, 4.69) is 15.0 Å². The summed E-state index contributed by atoms with van der Waals surface area (Å²) >= 11 is 1.43. The van der Waals surface area contributed by atoms with Crippen molar-refractivity contribution in [3.05, 3.63) is 33.7 Å². The van der Waals surface area contributed by atoms with E-state index < -0.39 is 10.0 Å². The number of hydrogen-bond acceptors (Lipinski definition) is 6. The molecule has 0 atom stereocenters. The van der Waals surface area contributed by atoms with Gasteiger partial charge in [0.1, 0.15) is 16.4 Å². The van der Waals surface area contributed by atoms with E-state index in [0.29, 0.717) is 29.3 Å². The number of hydrogen-bond donors (Lipinski definition) is 2. The Labute approximate surface area is 128 Å². The van der Waals surface area contributed by atoms with Gasteiger partial charge in [-0.05, 0) is 20.4 Å². The number of nitrogens with zero attached hydrogens (tertiary/aromatic N) is 1. The van der Waals surface area contributed by atoms with E-state index >= 15 is 0 Å². The number of aromatic nitrogens is 1. The lowest BCUT2D eigenvalue weighted by Crippen LogP contribution is -2.25. The minimum Gasteiger partial charge on any atom is -0.465 e. The molecule has 0 bridgehead atoms. The summed E-state index contributed by atoms with van der Waals surface area (Å²) in [6.07, 6.45) is 0. The summed E-state index contributed by atoms with van der Waals surface area (Å²) in [7, 11) is -3.63. The maximum absolute atomic E-state index is 12.5. The van der Waals surface area contributed by atoms with E-state index in [9.17, 15) is 8.42 Å².